The lowest BCUT2D eigenvalue weighted by atomic mass is 10.0. The van der Waals surface area contributed by atoms with Crippen molar-refractivity contribution in [3.8, 4) is 0 Å². The summed E-state index contributed by atoms with van der Waals surface area (Å²) < 4.78 is 26.9. The molecule has 1 aliphatic heterocycles. The third-order valence-electron chi connectivity index (χ3n) is 3.84. The van der Waals surface area contributed by atoms with E-state index in [1.807, 2.05) is 6.92 Å². The van der Waals surface area contributed by atoms with Crippen LogP contribution in [0.1, 0.15) is 50.6 Å². The van der Waals surface area contributed by atoms with Crippen molar-refractivity contribution in [2.75, 3.05) is 6.54 Å². The van der Waals surface area contributed by atoms with Gasteiger partial charge in [0.15, 0.2) is 0 Å². The van der Waals surface area contributed by atoms with Crippen LogP contribution >= 0.6 is 12.4 Å². The molecule has 0 aliphatic carbocycles. The van der Waals surface area contributed by atoms with Gasteiger partial charge < -0.3 is 10.6 Å². The molecule has 1 aromatic carbocycles. The second-order valence-electron chi connectivity index (χ2n) is 5.57. The Hall–Kier alpha value is -1.20. The van der Waals surface area contributed by atoms with Crippen molar-refractivity contribution in [2.24, 2.45) is 0 Å². The zero-order chi connectivity index (χ0) is 15.2. The molecule has 1 saturated heterocycles. The third-order valence-corrected chi connectivity index (χ3v) is 3.84. The molecule has 2 N–H and O–H groups in total. The van der Waals surface area contributed by atoms with Crippen molar-refractivity contribution in [3.63, 3.8) is 0 Å². The van der Waals surface area contributed by atoms with Gasteiger partial charge in [0.1, 0.15) is 11.6 Å². The quantitative estimate of drug-likeness (QED) is 0.837. The van der Waals surface area contributed by atoms with Crippen LogP contribution in [0.2, 0.25) is 0 Å². The van der Waals surface area contributed by atoms with E-state index in [2.05, 4.69) is 10.6 Å². The summed E-state index contributed by atoms with van der Waals surface area (Å²) in [5.41, 5.74) is 0.353. The number of rotatable bonds is 6. The number of benzene rings is 1. The minimum atomic E-state index is -0.604. The second-order valence-corrected chi connectivity index (χ2v) is 5.57. The van der Waals surface area contributed by atoms with Crippen LogP contribution in [0, 0.1) is 11.6 Å². The number of halogens is 3. The van der Waals surface area contributed by atoms with Crippen LogP contribution < -0.4 is 10.6 Å². The maximum absolute atomic E-state index is 13.9. The number of carbonyl (C=O) groups excluding carboxylic acids is 1. The molecule has 6 heteroatoms. The zero-order valence-electron chi connectivity index (χ0n) is 12.7. The van der Waals surface area contributed by atoms with Crippen LogP contribution in [0.25, 0.3) is 0 Å². The molecule has 1 heterocycles. The molecular weight excluding hydrogens is 310 g/mol. The Bertz CT molecular complexity index is 493. The number of hydrogen-bond acceptors (Lipinski definition) is 2. The molecule has 1 amide bonds. The van der Waals surface area contributed by atoms with Gasteiger partial charge in [-0.05, 0) is 31.9 Å². The molecule has 0 bridgehead atoms. The van der Waals surface area contributed by atoms with Crippen LogP contribution in [0.15, 0.2) is 18.2 Å². The monoisotopic (exact) mass is 332 g/mol. The number of hydrogen-bond donors (Lipinski definition) is 2. The fourth-order valence-electron chi connectivity index (χ4n) is 2.79. The molecule has 3 nitrogen and oxygen atoms in total. The van der Waals surface area contributed by atoms with E-state index in [0.29, 0.717) is 18.4 Å². The number of amides is 1. The molecule has 2 unspecified atom stereocenters. The fraction of sp³-hybridized carbons (Fsp3) is 0.562. The normalized spacial score (nSPS) is 18.6. The van der Waals surface area contributed by atoms with Crippen molar-refractivity contribution in [1.29, 1.82) is 0 Å². The fourth-order valence-corrected chi connectivity index (χ4v) is 2.79. The molecule has 124 valence electrons. The summed E-state index contributed by atoms with van der Waals surface area (Å²) in [6, 6.07) is 3.32. The zero-order valence-corrected chi connectivity index (χ0v) is 13.5. The molecule has 0 spiro atoms. The summed E-state index contributed by atoms with van der Waals surface area (Å²) >= 11 is 0. The maximum Gasteiger partial charge on any atom is 0.222 e. The molecular formula is C16H23ClF2N2O. The van der Waals surface area contributed by atoms with Gasteiger partial charge in [-0.1, -0.05) is 19.4 Å². The van der Waals surface area contributed by atoms with Crippen molar-refractivity contribution >= 4 is 18.3 Å². The molecule has 22 heavy (non-hydrogen) atoms. The Labute approximate surface area is 136 Å². The number of nitrogens with one attached hydrogen (secondary N) is 2. The highest BCUT2D eigenvalue weighted by Gasteiger charge is 2.21. The molecule has 2 atom stereocenters. The van der Waals surface area contributed by atoms with E-state index in [0.717, 1.165) is 31.9 Å². The minimum absolute atomic E-state index is 0. The summed E-state index contributed by atoms with van der Waals surface area (Å²) in [5, 5.41) is 6.15. The first-order valence-electron chi connectivity index (χ1n) is 7.58. The van der Waals surface area contributed by atoms with Crippen molar-refractivity contribution in [2.45, 2.75) is 51.1 Å². The highest BCUT2D eigenvalue weighted by Crippen LogP contribution is 2.23. The average molecular weight is 333 g/mol. The average Bonchev–Trinajstić information content (AvgIpc) is 2.91. The van der Waals surface area contributed by atoms with Crippen LogP contribution in [0.4, 0.5) is 8.78 Å². The van der Waals surface area contributed by atoms with E-state index in [1.54, 1.807) is 0 Å². The van der Waals surface area contributed by atoms with Gasteiger partial charge in [0, 0.05) is 24.1 Å². The second kappa shape index (κ2) is 9.06. The lowest BCUT2D eigenvalue weighted by molar-refractivity contribution is -0.122. The molecule has 0 radical (unpaired) electrons. The van der Waals surface area contributed by atoms with E-state index in [4.69, 9.17) is 0 Å². The Kier molecular flexibility index (Phi) is 7.76. The maximum atomic E-state index is 13.9. The molecule has 1 aromatic rings. The third kappa shape index (κ3) is 5.21. The lowest BCUT2D eigenvalue weighted by Gasteiger charge is -2.20. The molecule has 1 aliphatic rings. The molecule has 0 saturated carbocycles. The van der Waals surface area contributed by atoms with Crippen molar-refractivity contribution in [3.05, 3.63) is 35.4 Å². The van der Waals surface area contributed by atoms with Crippen LogP contribution in [0.3, 0.4) is 0 Å². The Morgan fingerprint density at radius 2 is 2.23 bits per heavy atom. The Balaban J connectivity index is 0.00000242. The van der Waals surface area contributed by atoms with Gasteiger partial charge in [0.2, 0.25) is 5.91 Å². The molecule has 2 rings (SSSR count). The first-order valence-corrected chi connectivity index (χ1v) is 7.58. The van der Waals surface area contributed by atoms with Crippen LogP contribution in [-0.4, -0.2) is 18.5 Å². The largest absolute Gasteiger partial charge is 0.349 e. The molecule has 1 fully saturated rings. The summed E-state index contributed by atoms with van der Waals surface area (Å²) in [6.07, 6.45) is 3.93. The van der Waals surface area contributed by atoms with E-state index >= 15 is 0 Å². The summed E-state index contributed by atoms with van der Waals surface area (Å²) in [7, 11) is 0. The van der Waals surface area contributed by atoms with Crippen molar-refractivity contribution in [1.82, 2.24) is 10.6 Å². The van der Waals surface area contributed by atoms with E-state index in [9.17, 15) is 13.6 Å². The van der Waals surface area contributed by atoms with Gasteiger partial charge in [-0.25, -0.2) is 8.78 Å². The van der Waals surface area contributed by atoms with Gasteiger partial charge in [0.05, 0.1) is 6.04 Å². The van der Waals surface area contributed by atoms with Gasteiger partial charge in [0.25, 0.3) is 0 Å². The summed E-state index contributed by atoms with van der Waals surface area (Å²) in [4.78, 5) is 12.1. The molecule has 0 aromatic heterocycles. The summed E-state index contributed by atoms with van der Waals surface area (Å²) in [5.74, 6) is -1.29. The van der Waals surface area contributed by atoms with Gasteiger partial charge in [-0.2, -0.15) is 0 Å². The first kappa shape index (κ1) is 18.8. The van der Waals surface area contributed by atoms with Gasteiger partial charge in [-0.3, -0.25) is 4.79 Å². The van der Waals surface area contributed by atoms with E-state index < -0.39 is 17.7 Å². The topological polar surface area (TPSA) is 41.1 Å². The Morgan fingerprint density at radius 1 is 1.45 bits per heavy atom. The first-order chi connectivity index (χ1) is 10.1. The summed E-state index contributed by atoms with van der Waals surface area (Å²) in [6.45, 7) is 2.92. The smallest absolute Gasteiger partial charge is 0.222 e. The SMILES string of the molecule is CCCC(NC(=O)CC1CCCN1)c1ccc(F)cc1F.Cl. The van der Waals surface area contributed by atoms with Gasteiger partial charge in [-0.15, -0.1) is 12.4 Å². The number of carbonyl (C=O) groups is 1. The predicted molar refractivity (Wildman–Crippen MR) is 85.0 cm³/mol. The predicted octanol–water partition coefficient (Wildman–Crippen LogP) is 3.49. The Morgan fingerprint density at radius 3 is 2.82 bits per heavy atom. The highest BCUT2D eigenvalue weighted by atomic mass is 35.5. The van der Waals surface area contributed by atoms with Crippen LogP contribution in [0.5, 0.6) is 0 Å². The van der Waals surface area contributed by atoms with Gasteiger partial charge >= 0.3 is 0 Å². The standard InChI is InChI=1S/C16H22F2N2O.ClH/c1-2-4-15(13-7-6-11(17)9-14(13)18)20-16(21)10-12-5-3-8-19-12;/h6-7,9,12,15,19H,2-5,8,10H2,1H3,(H,20,21);1H. The van der Waals surface area contributed by atoms with Crippen molar-refractivity contribution < 1.29 is 13.6 Å². The van der Waals surface area contributed by atoms with E-state index in [-0.39, 0.29) is 24.4 Å². The van der Waals surface area contributed by atoms with E-state index in [1.165, 1.54) is 12.1 Å². The van der Waals surface area contributed by atoms with Crippen LogP contribution in [-0.2, 0) is 4.79 Å². The minimum Gasteiger partial charge on any atom is -0.349 e. The lowest BCUT2D eigenvalue weighted by Crippen LogP contribution is -2.34. The highest BCUT2D eigenvalue weighted by molar-refractivity contribution is 5.85.